The maximum absolute atomic E-state index is 14.0. The number of carbonyl (C=O) groups excluding carboxylic acids is 1. The fourth-order valence-electron chi connectivity index (χ4n) is 8.56. The van der Waals surface area contributed by atoms with Gasteiger partial charge in [0.05, 0.1) is 12.2 Å². The number of hydrogen-bond acceptors (Lipinski definition) is 5. The van der Waals surface area contributed by atoms with E-state index in [1.54, 1.807) is 0 Å². The first-order valence-electron chi connectivity index (χ1n) is 21.2. The molecule has 0 unspecified atom stereocenters. The molecule has 5 heteroatoms. The van der Waals surface area contributed by atoms with Crippen molar-refractivity contribution < 1.29 is 24.9 Å². The third kappa shape index (κ3) is 14.7. The fraction of sp³-hybridized carbons (Fsp3) is 0.841. The molecule has 5 nitrogen and oxygen atoms in total. The van der Waals surface area contributed by atoms with Crippen molar-refractivity contribution in [3.8, 4) is 17.2 Å². The fourth-order valence-corrected chi connectivity index (χ4v) is 8.56. The number of benzene rings is 1. The minimum atomic E-state index is -0.536. The zero-order chi connectivity index (χ0) is 36.4. The summed E-state index contributed by atoms with van der Waals surface area (Å²) >= 11 is 0. The number of phenolic OH excluding ortho intramolecular Hbond substituents is 3. The van der Waals surface area contributed by atoms with Crippen molar-refractivity contribution in [2.75, 3.05) is 6.61 Å². The Morgan fingerprint density at radius 2 is 0.878 bits per heavy atom. The molecule has 1 aromatic rings. The number of aromatic hydroxyl groups is 3. The van der Waals surface area contributed by atoms with Gasteiger partial charge in [-0.15, -0.1) is 0 Å². The largest absolute Gasteiger partial charge is 0.504 e. The van der Waals surface area contributed by atoms with Gasteiger partial charge in [-0.2, -0.15) is 0 Å². The Kier molecular flexibility index (Phi) is 24.7. The molecule has 0 heterocycles. The molecular weight excluding hydrogens is 608 g/mol. The smallest absolute Gasteiger partial charge is 0.338 e. The van der Waals surface area contributed by atoms with E-state index < -0.39 is 22.9 Å². The third-order valence-corrected chi connectivity index (χ3v) is 11.3. The molecule has 286 valence electrons. The van der Waals surface area contributed by atoms with E-state index in [4.69, 9.17) is 4.74 Å². The Labute approximate surface area is 303 Å². The number of esters is 1. The topological polar surface area (TPSA) is 87.0 Å². The summed E-state index contributed by atoms with van der Waals surface area (Å²) in [5.74, 6) is -1.76. The molecule has 0 aliphatic rings. The van der Waals surface area contributed by atoms with Crippen molar-refractivity contribution in [3.05, 3.63) is 17.2 Å². The van der Waals surface area contributed by atoms with Gasteiger partial charge < -0.3 is 20.1 Å². The zero-order valence-electron chi connectivity index (χ0n) is 33.2. The predicted octanol–water partition coefficient (Wildman–Crippen LogP) is 14.2. The lowest BCUT2D eigenvalue weighted by Gasteiger charge is -2.54. The molecule has 0 fully saturated rings. The van der Waals surface area contributed by atoms with E-state index in [9.17, 15) is 20.1 Å². The lowest BCUT2D eigenvalue weighted by molar-refractivity contribution is 0.0367. The number of unbranched alkanes of at least 4 members (excludes halogenated alkanes) is 17. The van der Waals surface area contributed by atoms with Crippen LogP contribution >= 0.6 is 0 Å². The molecule has 0 radical (unpaired) electrons. The summed E-state index contributed by atoms with van der Waals surface area (Å²) in [5.41, 5.74) is 0.125. The second kappa shape index (κ2) is 26.8. The highest BCUT2D eigenvalue weighted by atomic mass is 16.5. The summed E-state index contributed by atoms with van der Waals surface area (Å²) in [6, 6.07) is 1.40. The van der Waals surface area contributed by atoms with Crippen LogP contribution in [-0.4, -0.2) is 27.9 Å². The van der Waals surface area contributed by atoms with Crippen molar-refractivity contribution >= 4 is 5.97 Å². The summed E-state index contributed by atoms with van der Waals surface area (Å²) in [7, 11) is 0. The molecule has 0 atom stereocenters. The Bertz CT molecular complexity index is 962. The van der Waals surface area contributed by atoms with Gasteiger partial charge in [-0.3, -0.25) is 0 Å². The molecule has 0 aliphatic heterocycles. The first-order chi connectivity index (χ1) is 23.7. The van der Waals surface area contributed by atoms with Gasteiger partial charge in [-0.1, -0.05) is 183 Å². The van der Waals surface area contributed by atoms with Crippen LogP contribution in [0.15, 0.2) is 6.07 Å². The first-order valence-corrected chi connectivity index (χ1v) is 21.2. The second-order valence-corrected chi connectivity index (χ2v) is 15.3. The van der Waals surface area contributed by atoms with Crippen molar-refractivity contribution in [1.82, 2.24) is 0 Å². The third-order valence-electron chi connectivity index (χ3n) is 11.3. The first kappa shape index (κ1) is 45.1. The lowest BCUT2D eigenvalue weighted by atomic mass is 9.50. The van der Waals surface area contributed by atoms with Crippen LogP contribution in [0.3, 0.4) is 0 Å². The van der Waals surface area contributed by atoms with Crippen molar-refractivity contribution in [3.63, 3.8) is 0 Å². The van der Waals surface area contributed by atoms with E-state index in [2.05, 4.69) is 34.6 Å². The van der Waals surface area contributed by atoms with E-state index in [0.29, 0.717) is 12.0 Å². The highest BCUT2D eigenvalue weighted by molar-refractivity contribution is 5.94. The molecule has 0 bridgehead atoms. The van der Waals surface area contributed by atoms with Gasteiger partial charge in [0.15, 0.2) is 11.5 Å². The summed E-state index contributed by atoms with van der Waals surface area (Å²) in [4.78, 5) is 14.0. The van der Waals surface area contributed by atoms with Crippen LogP contribution in [0, 0.1) is 5.41 Å². The number of phenols is 3. The average molecular weight is 689 g/mol. The summed E-state index contributed by atoms with van der Waals surface area (Å²) in [5, 5.41) is 34.2. The van der Waals surface area contributed by atoms with Crippen molar-refractivity contribution in [2.45, 2.75) is 227 Å². The molecular formula is C44H80O5. The maximum atomic E-state index is 14.0. The average Bonchev–Trinajstić information content (AvgIpc) is 3.10. The van der Waals surface area contributed by atoms with Crippen molar-refractivity contribution in [1.29, 1.82) is 0 Å². The van der Waals surface area contributed by atoms with Crippen LogP contribution in [0.1, 0.15) is 237 Å². The van der Waals surface area contributed by atoms with Gasteiger partial charge >= 0.3 is 5.97 Å². The van der Waals surface area contributed by atoms with E-state index in [0.717, 1.165) is 103 Å². The molecule has 0 saturated heterocycles. The number of carbonyl (C=O) groups is 1. The summed E-state index contributed by atoms with van der Waals surface area (Å²) < 4.78 is 5.78. The lowest BCUT2D eigenvalue weighted by Crippen LogP contribution is -2.47. The van der Waals surface area contributed by atoms with Gasteiger partial charge in [0, 0.05) is 11.0 Å². The van der Waals surface area contributed by atoms with Gasteiger partial charge in [-0.25, -0.2) is 4.79 Å². The summed E-state index contributed by atoms with van der Waals surface area (Å²) in [6.07, 6.45) is 31.2. The molecule has 0 amide bonds. The van der Waals surface area contributed by atoms with E-state index in [1.165, 1.54) is 76.7 Å². The Morgan fingerprint density at radius 3 is 1.29 bits per heavy atom. The second-order valence-electron chi connectivity index (χ2n) is 15.3. The Morgan fingerprint density at radius 1 is 0.510 bits per heavy atom. The SMILES string of the molecule is CCCCCCCCC(CCCCCC)(CCCCCC)C(CCCCCC)(CCCCCC)c1c(C(=O)OCCC)cc(O)c(O)c1O. The van der Waals surface area contributed by atoms with Crippen LogP contribution in [0.5, 0.6) is 17.2 Å². The molecule has 0 spiro atoms. The van der Waals surface area contributed by atoms with Crippen LogP contribution < -0.4 is 0 Å². The van der Waals surface area contributed by atoms with Gasteiger partial charge in [-0.05, 0) is 50.0 Å². The monoisotopic (exact) mass is 689 g/mol. The predicted molar refractivity (Wildman–Crippen MR) is 209 cm³/mol. The molecule has 0 aliphatic carbocycles. The zero-order valence-corrected chi connectivity index (χ0v) is 33.2. The Balaban J connectivity index is 4.20. The van der Waals surface area contributed by atoms with Gasteiger partial charge in [0.25, 0.3) is 0 Å². The highest BCUT2D eigenvalue weighted by Crippen LogP contribution is 2.62. The molecule has 3 N–H and O–H groups in total. The molecule has 0 aromatic heterocycles. The normalized spacial score (nSPS) is 12.1. The minimum absolute atomic E-state index is 0.154. The maximum Gasteiger partial charge on any atom is 0.338 e. The quantitative estimate of drug-likeness (QED) is 0.0398. The molecule has 1 aromatic carbocycles. The van der Waals surface area contributed by atoms with Crippen LogP contribution in [0.2, 0.25) is 0 Å². The number of ether oxygens (including phenoxy) is 1. The van der Waals surface area contributed by atoms with E-state index in [-0.39, 0.29) is 23.3 Å². The molecule has 1 rings (SSSR count). The highest BCUT2D eigenvalue weighted by Gasteiger charge is 2.53. The van der Waals surface area contributed by atoms with E-state index in [1.807, 2.05) is 6.92 Å². The summed E-state index contributed by atoms with van der Waals surface area (Å²) in [6.45, 7) is 13.5. The minimum Gasteiger partial charge on any atom is -0.504 e. The number of hydrogen-bond donors (Lipinski definition) is 3. The standard InChI is InChI=1S/C44H80O5/c1-7-13-18-23-24-27-32-43(30-25-19-14-8-2,31-26-20-15-9-3)44(33-28-21-16-10-4,34-29-22-17-11-5)39-37(42(48)49-35-12-6)36-38(45)40(46)41(39)47/h36,45-47H,7-35H2,1-6H3. The molecule has 49 heavy (non-hydrogen) atoms. The van der Waals surface area contributed by atoms with Crippen LogP contribution in [0.4, 0.5) is 0 Å². The number of rotatable bonds is 32. The Hall–Kier alpha value is -1.91. The van der Waals surface area contributed by atoms with Gasteiger partial charge in [0.2, 0.25) is 5.75 Å². The van der Waals surface area contributed by atoms with Crippen LogP contribution in [-0.2, 0) is 10.2 Å². The molecule has 0 saturated carbocycles. The van der Waals surface area contributed by atoms with Crippen LogP contribution in [0.25, 0.3) is 0 Å². The van der Waals surface area contributed by atoms with Gasteiger partial charge in [0.1, 0.15) is 0 Å². The van der Waals surface area contributed by atoms with E-state index >= 15 is 0 Å². The van der Waals surface area contributed by atoms with Crippen molar-refractivity contribution in [2.24, 2.45) is 5.41 Å².